The van der Waals surface area contributed by atoms with Crippen LogP contribution in [0.1, 0.15) is 24.2 Å². The van der Waals surface area contributed by atoms with E-state index in [1.54, 1.807) is 13.8 Å². The summed E-state index contributed by atoms with van der Waals surface area (Å²) in [6.45, 7) is 3.54. The van der Waals surface area contributed by atoms with Gasteiger partial charge in [0, 0.05) is 43.9 Å². The Balaban J connectivity index is 1.70. The monoisotopic (exact) mass is 496 g/mol. The fourth-order valence-electron chi connectivity index (χ4n) is 3.43. The lowest BCUT2D eigenvalue weighted by Crippen LogP contribution is -2.50. The number of nitro groups is 1. The van der Waals surface area contributed by atoms with Gasteiger partial charge in [-0.1, -0.05) is 12.1 Å². The molecule has 178 valence electrons. The van der Waals surface area contributed by atoms with Gasteiger partial charge in [0.05, 0.1) is 9.82 Å². The van der Waals surface area contributed by atoms with Crippen LogP contribution in [0.25, 0.3) is 0 Å². The van der Waals surface area contributed by atoms with E-state index in [1.807, 2.05) is 0 Å². The molecule has 13 heteroatoms. The molecule has 0 bridgehead atoms. The van der Waals surface area contributed by atoms with E-state index in [-0.39, 0.29) is 53.5 Å². The highest BCUT2D eigenvalue weighted by atomic mass is 32.2. The lowest BCUT2D eigenvalue weighted by Gasteiger charge is -2.34. The van der Waals surface area contributed by atoms with Crippen molar-refractivity contribution in [2.24, 2.45) is 0 Å². The summed E-state index contributed by atoms with van der Waals surface area (Å²) in [5.74, 6) is -0.362. The third kappa shape index (κ3) is 5.38. The zero-order valence-electron chi connectivity index (χ0n) is 18.0. The number of sulfonamides is 2. The molecule has 1 aliphatic rings. The number of hydrogen-bond acceptors (Lipinski definition) is 7. The summed E-state index contributed by atoms with van der Waals surface area (Å²) < 4.78 is 53.9. The minimum Gasteiger partial charge on any atom is -0.336 e. The van der Waals surface area contributed by atoms with Gasteiger partial charge in [-0.05, 0) is 44.2 Å². The second kappa shape index (κ2) is 9.55. The number of carbonyl (C=O) groups excluding carboxylic acids is 1. The van der Waals surface area contributed by atoms with Crippen molar-refractivity contribution < 1.29 is 26.6 Å². The molecule has 33 heavy (non-hydrogen) atoms. The number of nitro benzene ring substituents is 1. The predicted octanol–water partition coefficient (Wildman–Crippen LogP) is 1.43. The number of rotatable bonds is 7. The molecule has 0 aliphatic carbocycles. The molecular weight excluding hydrogens is 472 g/mol. The van der Waals surface area contributed by atoms with Crippen LogP contribution in [0.15, 0.2) is 58.3 Å². The molecule has 0 unspecified atom stereocenters. The summed E-state index contributed by atoms with van der Waals surface area (Å²) in [7, 11) is -7.79. The number of para-hydroxylation sites is 1. The summed E-state index contributed by atoms with van der Waals surface area (Å²) in [4.78, 5) is 24.4. The molecule has 0 radical (unpaired) electrons. The Morgan fingerprint density at radius 1 is 0.970 bits per heavy atom. The van der Waals surface area contributed by atoms with E-state index in [0.717, 1.165) is 10.4 Å². The van der Waals surface area contributed by atoms with Crippen LogP contribution in [0.2, 0.25) is 0 Å². The Morgan fingerprint density at radius 2 is 1.55 bits per heavy atom. The summed E-state index contributed by atoms with van der Waals surface area (Å²) in [5.41, 5.74) is -0.230. The fourth-order valence-corrected chi connectivity index (χ4v) is 6.27. The Bertz CT molecular complexity index is 1250. The standard InChI is InChI=1S/C20H24N4O7S2/c1-15(2)21-32(28,29)17-9-7-16(8-10-17)20(25)22-11-13-23(14-12-22)33(30,31)19-6-4-3-5-18(19)24(26)27/h3-10,15,21H,11-14H2,1-2H3. The van der Waals surface area contributed by atoms with Crippen LogP contribution < -0.4 is 4.72 Å². The first-order valence-electron chi connectivity index (χ1n) is 10.1. The SMILES string of the molecule is CC(C)NS(=O)(=O)c1ccc(C(=O)N2CCN(S(=O)(=O)c3ccccc3[N+](=O)[O-])CC2)cc1. The normalized spacial score (nSPS) is 15.5. The van der Waals surface area contributed by atoms with Gasteiger partial charge >= 0.3 is 0 Å². The molecule has 0 atom stereocenters. The van der Waals surface area contributed by atoms with Gasteiger partial charge in [-0.2, -0.15) is 4.31 Å². The van der Waals surface area contributed by atoms with Gasteiger partial charge in [-0.3, -0.25) is 14.9 Å². The van der Waals surface area contributed by atoms with Gasteiger partial charge in [-0.15, -0.1) is 0 Å². The molecule has 11 nitrogen and oxygen atoms in total. The third-order valence-electron chi connectivity index (χ3n) is 5.01. The van der Waals surface area contributed by atoms with Gasteiger partial charge in [0.1, 0.15) is 0 Å². The third-order valence-corrected chi connectivity index (χ3v) is 8.63. The van der Waals surface area contributed by atoms with Gasteiger partial charge in [0.2, 0.25) is 20.0 Å². The van der Waals surface area contributed by atoms with Crippen LogP contribution in [0, 0.1) is 10.1 Å². The number of piperazine rings is 1. The molecule has 0 aromatic heterocycles. The lowest BCUT2D eigenvalue weighted by atomic mass is 10.2. The maximum absolute atomic E-state index is 12.9. The largest absolute Gasteiger partial charge is 0.336 e. The number of hydrogen-bond donors (Lipinski definition) is 1. The number of nitrogens with one attached hydrogen (secondary N) is 1. The van der Waals surface area contributed by atoms with Crippen LogP contribution in [0.5, 0.6) is 0 Å². The van der Waals surface area contributed by atoms with Gasteiger partial charge < -0.3 is 4.90 Å². The van der Waals surface area contributed by atoms with Crippen molar-refractivity contribution in [3.63, 3.8) is 0 Å². The first kappa shape index (κ1) is 24.8. The lowest BCUT2D eigenvalue weighted by molar-refractivity contribution is -0.387. The average molecular weight is 497 g/mol. The topological polar surface area (TPSA) is 147 Å². The van der Waals surface area contributed by atoms with Gasteiger partial charge in [-0.25, -0.2) is 21.6 Å². The van der Waals surface area contributed by atoms with Crippen LogP contribution in [-0.2, 0) is 20.0 Å². The molecular formula is C20H24N4O7S2. The molecule has 2 aromatic carbocycles. The van der Waals surface area contributed by atoms with Crippen LogP contribution in [0.3, 0.4) is 0 Å². The summed E-state index contributed by atoms with van der Waals surface area (Å²) in [6.07, 6.45) is 0. The Kier molecular flexibility index (Phi) is 7.17. The van der Waals surface area contributed by atoms with E-state index in [0.29, 0.717) is 0 Å². The van der Waals surface area contributed by atoms with Crippen molar-refractivity contribution in [1.29, 1.82) is 0 Å². The molecule has 0 saturated carbocycles. The number of nitrogens with zero attached hydrogens (tertiary/aromatic N) is 3. The number of benzene rings is 2. The van der Waals surface area contributed by atoms with Crippen LogP contribution in [0.4, 0.5) is 5.69 Å². The van der Waals surface area contributed by atoms with E-state index in [9.17, 15) is 31.7 Å². The molecule has 0 spiro atoms. The summed E-state index contributed by atoms with van der Waals surface area (Å²) >= 11 is 0. The fraction of sp³-hybridized carbons (Fsp3) is 0.350. The highest BCUT2D eigenvalue weighted by Crippen LogP contribution is 2.27. The minimum absolute atomic E-state index is 0.0229. The zero-order chi connectivity index (χ0) is 24.4. The first-order valence-corrected chi connectivity index (χ1v) is 13.0. The Labute approximate surface area is 192 Å². The highest BCUT2D eigenvalue weighted by Gasteiger charge is 2.34. The van der Waals surface area contributed by atoms with Crippen molar-refractivity contribution in [2.75, 3.05) is 26.2 Å². The zero-order valence-corrected chi connectivity index (χ0v) is 19.7. The second-order valence-electron chi connectivity index (χ2n) is 7.72. The first-order chi connectivity index (χ1) is 15.4. The molecule has 1 heterocycles. The Hall–Kier alpha value is -2.87. The van der Waals surface area contributed by atoms with Crippen molar-refractivity contribution in [3.8, 4) is 0 Å². The second-order valence-corrected chi connectivity index (χ2v) is 11.3. The molecule has 3 rings (SSSR count). The molecule has 1 amide bonds. The van der Waals surface area contributed by atoms with Crippen molar-refractivity contribution in [3.05, 3.63) is 64.2 Å². The number of amides is 1. The highest BCUT2D eigenvalue weighted by molar-refractivity contribution is 7.89. The van der Waals surface area contributed by atoms with Gasteiger partial charge in [0.15, 0.2) is 4.90 Å². The maximum atomic E-state index is 12.9. The van der Waals surface area contributed by atoms with E-state index in [4.69, 9.17) is 0 Å². The molecule has 1 saturated heterocycles. The smallest absolute Gasteiger partial charge is 0.289 e. The molecule has 1 N–H and O–H groups in total. The van der Waals surface area contributed by atoms with Crippen LogP contribution >= 0.6 is 0 Å². The molecule has 2 aromatic rings. The van der Waals surface area contributed by atoms with E-state index in [2.05, 4.69) is 4.72 Å². The summed E-state index contributed by atoms with van der Waals surface area (Å²) in [5, 5.41) is 11.2. The molecule has 1 fully saturated rings. The quantitative estimate of drug-likeness (QED) is 0.450. The van der Waals surface area contributed by atoms with Crippen LogP contribution in [-0.4, -0.2) is 69.1 Å². The average Bonchev–Trinajstić information content (AvgIpc) is 2.78. The van der Waals surface area contributed by atoms with Crippen molar-refractivity contribution in [2.45, 2.75) is 29.7 Å². The maximum Gasteiger partial charge on any atom is 0.289 e. The van der Waals surface area contributed by atoms with E-state index in [1.165, 1.54) is 47.4 Å². The summed E-state index contributed by atoms with van der Waals surface area (Å²) in [6, 6.07) is 10.4. The Morgan fingerprint density at radius 3 is 2.09 bits per heavy atom. The minimum atomic E-state index is -4.10. The predicted molar refractivity (Wildman–Crippen MR) is 120 cm³/mol. The van der Waals surface area contributed by atoms with E-state index < -0.39 is 30.7 Å². The van der Waals surface area contributed by atoms with Crippen molar-refractivity contribution in [1.82, 2.24) is 13.9 Å². The number of carbonyl (C=O) groups is 1. The van der Waals surface area contributed by atoms with Crippen molar-refractivity contribution >= 4 is 31.6 Å². The van der Waals surface area contributed by atoms with E-state index >= 15 is 0 Å². The van der Waals surface area contributed by atoms with Gasteiger partial charge in [0.25, 0.3) is 11.6 Å². The molecule has 1 aliphatic heterocycles.